The fraction of sp³-hybridized carbons (Fsp3) is 0.238. The van der Waals surface area contributed by atoms with E-state index in [9.17, 15) is 24.1 Å². The third-order valence-electron chi connectivity index (χ3n) is 4.32. The molecule has 0 aliphatic carbocycles. The molecular weight excluding hydrogens is 377 g/mol. The van der Waals surface area contributed by atoms with E-state index in [0.29, 0.717) is 18.7 Å². The first-order valence-electron chi connectivity index (χ1n) is 9.13. The zero-order chi connectivity index (χ0) is 21.4. The second kappa shape index (κ2) is 10.1. The van der Waals surface area contributed by atoms with Crippen molar-refractivity contribution in [1.29, 1.82) is 0 Å². The highest BCUT2D eigenvalue weighted by molar-refractivity contribution is 5.94. The van der Waals surface area contributed by atoms with E-state index in [1.54, 1.807) is 29.2 Å². The second-order valence-electron chi connectivity index (χ2n) is 6.19. The van der Waals surface area contributed by atoms with Crippen molar-refractivity contribution in [3.8, 4) is 0 Å². The number of hydrogen-bond acceptors (Lipinski definition) is 4. The lowest BCUT2D eigenvalue weighted by molar-refractivity contribution is -0.385. The molecule has 152 valence electrons. The van der Waals surface area contributed by atoms with E-state index in [-0.39, 0.29) is 18.0 Å². The van der Waals surface area contributed by atoms with Gasteiger partial charge >= 0.3 is 0 Å². The molecule has 29 heavy (non-hydrogen) atoms. The van der Waals surface area contributed by atoms with Crippen LogP contribution in [0.3, 0.4) is 0 Å². The molecule has 0 saturated carbocycles. The van der Waals surface area contributed by atoms with Crippen LogP contribution in [0.5, 0.6) is 0 Å². The summed E-state index contributed by atoms with van der Waals surface area (Å²) in [6.07, 6.45) is 2.41. The summed E-state index contributed by atoms with van der Waals surface area (Å²) in [6.45, 7) is 5.32. The van der Waals surface area contributed by atoms with Crippen molar-refractivity contribution < 1.29 is 18.9 Å². The Morgan fingerprint density at radius 3 is 2.38 bits per heavy atom. The Bertz CT molecular complexity index is 922. The molecule has 8 heteroatoms. The summed E-state index contributed by atoms with van der Waals surface area (Å²) in [6, 6.07) is 10.1. The van der Waals surface area contributed by atoms with Gasteiger partial charge in [-0.3, -0.25) is 19.7 Å². The highest BCUT2D eigenvalue weighted by Gasteiger charge is 2.13. The summed E-state index contributed by atoms with van der Waals surface area (Å²) in [7, 11) is 0. The number of benzene rings is 2. The zero-order valence-electron chi connectivity index (χ0n) is 16.2. The molecule has 0 aliphatic rings. The van der Waals surface area contributed by atoms with Crippen molar-refractivity contribution in [3.63, 3.8) is 0 Å². The lowest BCUT2D eigenvalue weighted by Crippen LogP contribution is -2.30. The van der Waals surface area contributed by atoms with Crippen LogP contribution in [-0.2, 0) is 11.3 Å². The maximum atomic E-state index is 13.1. The number of carbonyl (C=O) groups excluding carboxylic acids is 2. The van der Waals surface area contributed by atoms with Gasteiger partial charge in [0.25, 0.3) is 11.6 Å². The Morgan fingerprint density at radius 2 is 1.79 bits per heavy atom. The fourth-order valence-electron chi connectivity index (χ4n) is 2.69. The predicted molar refractivity (Wildman–Crippen MR) is 108 cm³/mol. The Kier molecular flexibility index (Phi) is 7.59. The van der Waals surface area contributed by atoms with Crippen molar-refractivity contribution in [2.45, 2.75) is 20.4 Å². The maximum absolute atomic E-state index is 13.1. The monoisotopic (exact) mass is 399 g/mol. The average molecular weight is 399 g/mol. The number of halogens is 1. The summed E-state index contributed by atoms with van der Waals surface area (Å²) < 4.78 is 13.1. The first-order chi connectivity index (χ1) is 13.8. The van der Waals surface area contributed by atoms with Gasteiger partial charge in [0.1, 0.15) is 5.82 Å². The van der Waals surface area contributed by atoms with Gasteiger partial charge in [0.2, 0.25) is 5.91 Å². The van der Waals surface area contributed by atoms with Crippen molar-refractivity contribution in [1.82, 2.24) is 10.2 Å². The van der Waals surface area contributed by atoms with Crippen LogP contribution in [0, 0.1) is 15.9 Å². The van der Waals surface area contributed by atoms with Gasteiger partial charge in [-0.25, -0.2) is 4.39 Å². The lowest BCUT2D eigenvalue weighted by atomic mass is 10.1. The van der Waals surface area contributed by atoms with E-state index in [2.05, 4.69) is 5.32 Å². The molecule has 0 unspecified atom stereocenters. The van der Waals surface area contributed by atoms with E-state index in [1.165, 1.54) is 12.1 Å². The second-order valence-corrected chi connectivity index (χ2v) is 6.19. The van der Waals surface area contributed by atoms with E-state index < -0.39 is 22.3 Å². The van der Waals surface area contributed by atoms with E-state index >= 15 is 0 Å². The van der Waals surface area contributed by atoms with Gasteiger partial charge in [0.15, 0.2) is 0 Å². The first-order valence-corrected chi connectivity index (χ1v) is 9.13. The number of nitro groups is 1. The standard InChI is InChI=1S/C21H22FN3O4/c1-3-24(4-2)21(27)17-7-5-15(6-8-17)14-23-20(26)12-10-16-9-11-18(22)13-19(16)25(28)29/h5-13H,3-4,14H2,1-2H3,(H,23,26). The molecule has 0 atom stereocenters. The molecule has 0 bridgehead atoms. The van der Waals surface area contributed by atoms with Crippen LogP contribution < -0.4 is 5.32 Å². The molecule has 0 aromatic heterocycles. The molecule has 2 aromatic carbocycles. The van der Waals surface area contributed by atoms with Crippen LogP contribution in [-0.4, -0.2) is 34.7 Å². The molecule has 0 fully saturated rings. The van der Waals surface area contributed by atoms with Gasteiger partial charge in [0.05, 0.1) is 16.6 Å². The number of nitrogens with one attached hydrogen (secondary N) is 1. The normalized spacial score (nSPS) is 10.7. The minimum absolute atomic E-state index is 0.0468. The molecule has 0 spiro atoms. The summed E-state index contributed by atoms with van der Waals surface area (Å²) in [4.78, 5) is 36.2. The molecule has 0 aliphatic heterocycles. The largest absolute Gasteiger partial charge is 0.348 e. The average Bonchev–Trinajstić information content (AvgIpc) is 2.72. The fourth-order valence-corrected chi connectivity index (χ4v) is 2.69. The number of hydrogen-bond donors (Lipinski definition) is 1. The summed E-state index contributed by atoms with van der Waals surface area (Å²) in [5.74, 6) is -1.22. The highest BCUT2D eigenvalue weighted by Crippen LogP contribution is 2.21. The smallest absolute Gasteiger partial charge is 0.279 e. The van der Waals surface area contributed by atoms with Crippen LogP contribution in [0.4, 0.5) is 10.1 Å². The molecular formula is C21H22FN3O4. The van der Waals surface area contributed by atoms with Crippen LogP contribution in [0.25, 0.3) is 6.08 Å². The number of carbonyl (C=O) groups is 2. The number of nitrogens with zero attached hydrogens (tertiary/aromatic N) is 2. The van der Waals surface area contributed by atoms with Gasteiger partial charge < -0.3 is 10.2 Å². The molecule has 2 aromatic rings. The molecule has 2 amide bonds. The summed E-state index contributed by atoms with van der Waals surface area (Å²) >= 11 is 0. The van der Waals surface area contributed by atoms with E-state index in [4.69, 9.17) is 0 Å². The quantitative estimate of drug-likeness (QED) is 0.417. The molecule has 0 heterocycles. The van der Waals surface area contributed by atoms with Gasteiger partial charge in [-0.15, -0.1) is 0 Å². The predicted octanol–water partition coefficient (Wildman–Crippen LogP) is 3.55. The van der Waals surface area contributed by atoms with E-state index in [0.717, 1.165) is 23.8 Å². The SMILES string of the molecule is CCN(CC)C(=O)c1ccc(CNC(=O)C=Cc2ccc(F)cc2[N+](=O)[O-])cc1. The molecule has 1 N–H and O–H groups in total. The van der Waals surface area contributed by atoms with Crippen LogP contribution in [0.1, 0.15) is 35.3 Å². The molecule has 0 radical (unpaired) electrons. The summed E-state index contributed by atoms with van der Waals surface area (Å²) in [5.41, 5.74) is 1.09. The number of rotatable bonds is 8. The Morgan fingerprint density at radius 1 is 1.14 bits per heavy atom. The first kappa shape index (κ1) is 21.7. The molecule has 0 saturated heterocycles. The zero-order valence-corrected chi connectivity index (χ0v) is 16.2. The third kappa shape index (κ3) is 5.97. The molecule has 2 rings (SSSR count). The molecule has 7 nitrogen and oxygen atoms in total. The number of amides is 2. The van der Waals surface area contributed by atoms with Crippen LogP contribution >= 0.6 is 0 Å². The topological polar surface area (TPSA) is 92.6 Å². The van der Waals surface area contributed by atoms with E-state index in [1.807, 2.05) is 13.8 Å². The lowest BCUT2D eigenvalue weighted by Gasteiger charge is -2.18. The van der Waals surface area contributed by atoms with Crippen molar-refractivity contribution in [2.75, 3.05) is 13.1 Å². The Balaban J connectivity index is 1.97. The van der Waals surface area contributed by atoms with Crippen LogP contribution in [0.2, 0.25) is 0 Å². The highest BCUT2D eigenvalue weighted by atomic mass is 19.1. The maximum Gasteiger partial charge on any atom is 0.279 e. The van der Waals surface area contributed by atoms with Gasteiger partial charge in [0, 0.05) is 31.3 Å². The van der Waals surface area contributed by atoms with Crippen molar-refractivity contribution >= 4 is 23.6 Å². The van der Waals surface area contributed by atoms with Crippen LogP contribution in [0.15, 0.2) is 48.5 Å². The van der Waals surface area contributed by atoms with Crippen molar-refractivity contribution in [2.24, 2.45) is 0 Å². The van der Waals surface area contributed by atoms with Gasteiger partial charge in [-0.2, -0.15) is 0 Å². The van der Waals surface area contributed by atoms with Gasteiger partial charge in [-0.05, 0) is 49.8 Å². The third-order valence-corrected chi connectivity index (χ3v) is 4.32. The summed E-state index contributed by atoms with van der Waals surface area (Å²) in [5, 5.41) is 13.6. The minimum Gasteiger partial charge on any atom is -0.348 e. The minimum atomic E-state index is -0.721. The number of nitro benzene ring substituents is 1. The Labute approximate surface area is 168 Å². The van der Waals surface area contributed by atoms with Gasteiger partial charge in [-0.1, -0.05) is 12.1 Å². The van der Waals surface area contributed by atoms with Crippen molar-refractivity contribution in [3.05, 3.63) is 81.2 Å². The Hall–Kier alpha value is -3.55.